The van der Waals surface area contributed by atoms with Crippen molar-refractivity contribution in [1.29, 1.82) is 0 Å². The first-order chi connectivity index (χ1) is 8.60. The van der Waals surface area contributed by atoms with Gasteiger partial charge in [0.05, 0.1) is 5.69 Å². The van der Waals surface area contributed by atoms with Gasteiger partial charge in [-0.1, -0.05) is 38.1 Å². The Morgan fingerprint density at radius 3 is 2.33 bits per heavy atom. The van der Waals surface area contributed by atoms with Crippen molar-refractivity contribution in [3.63, 3.8) is 0 Å². The number of anilines is 2. The van der Waals surface area contributed by atoms with Crippen LogP contribution in [0.2, 0.25) is 0 Å². The summed E-state index contributed by atoms with van der Waals surface area (Å²) in [5.41, 5.74) is 14.4. The van der Waals surface area contributed by atoms with Gasteiger partial charge in [0.2, 0.25) is 5.95 Å². The lowest BCUT2D eigenvalue weighted by Crippen LogP contribution is -2.00. The molecule has 0 spiro atoms. The van der Waals surface area contributed by atoms with Gasteiger partial charge in [0, 0.05) is 11.6 Å². The van der Waals surface area contributed by atoms with Crippen LogP contribution in [0, 0.1) is 0 Å². The third-order valence-electron chi connectivity index (χ3n) is 3.15. The lowest BCUT2D eigenvalue weighted by Gasteiger charge is -2.10. The molecule has 0 saturated carbocycles. The maximum atomic E-state index is 5.67. The number of hydrogen-bond donors (Lipinski definition) is 2. The Kier molecular flexibility index (Phi) is 3.46. The minimum Gasteiger partial charge on any atom is -0.384 e. The molecule has 1 unspecified atom stereocenters. The van der Waals surface area contributed by atoms with Gasteiger partial charge < -0.3 is 11.5 Å². The van der Waals surface area contributed by atoms with Crippen LogP contribution in [-0.4, -0.2) is 9.97 Å². The standard InChI is InChI=1S/C14H18N4/c1-3-9(2)10-4-6-11(7-5-10)12-8-13(15)18-14(16)17-12/h4-9H,3H2,1-2H3,(H4,15,16,17,18). The highest BCUT2D eigenvalue weighted by atomic mass is 15.0. The number of benzene rings is 1. The maximum Gasteiger partial charge on any atom is 0.222 e. The third-order valence-corrected chi connectivity index (χ3v) is 3.15. The van der Waals surface area contributed by atoms with Crippen LogP contribution in [0.15, 0.2) is 30.3 Å². The Balaban J connectivity index is 2.34. The van der Waals surface area contributed by atoms with E-state index in [1.54, 1.807) is 6.07 Å². The SMILES string of the molecule is CCC(C)c1ccc(-c2cc(N)nc(N)n2)cc1. The van der Waals surface area contributed by atoms with Gasteiger partial charge in [0.25, 0.3) is 0 Å². The second-order valence-corrected chi connectivity index (χ2v) is 4.47. The summed E-state index contributed by atoms with van der Waals surface area (Å²) in [5, 5.41) is 0. The second kappa shape index (κ2) is 5.04. The number of nitrogen functional groups attached to an aromatic ring is 2. The Bertz CT molecular complexity index is 514. The Hall–Kier alpha value is -2.10. The molecule has 4 nitrogen and oxygen atoms in total. The van der Waals surface area contributed by atoms with Crippen LogP contribution in [-0.2, 0) is 0 Å². The molecule has 94 valence electrons. The van der Waals surface area contributed by atoms with Crippen LogP contribution < -0.4 is 11.5 Å². The molecular formula is C14H18N4. The van der Waals surface area contributed by atoms with Crippen molar-refractivity contribution < 1.29 is 0 Å². The fourth-order valence-electron chi connectivity index (χ4n) is 1.85. The summed E-state index contributed by atoms with van der Waals surface area (Å²) in [6.45, 7) is 4.40. The summed E-state index contributed by atoms with van der Waals surface area (Å²) in [6.07, 6.45) is 1.13. The van der Waals surface area contributed by atoms with Crippen molar-refractivity contribution in [3.8, 4) is 11.3 Å². The summed E-state index contributed by atoms with van der Waals surface area (Å²) < 4.78 is 0. The number of rotatable bonds is 3. The predicted molar refractivity (Wildman–Crippen MR) is 75.0 cm³/mol. The third kappa shape index (κ3) is 2.59. The van der Waals surface area contributed by atoms with Gasteiger partial charge in [-0.05, 0) is 17.9 Å². The highest BCUT2D eigenvalue weighted by molar-refractivity contribution is 5.63. The molecule has 0 aliphatic rings. The second-order valence-electron chi connectivity index (χ2n) is 4.47. The van der Waals surface area contributed by atoms with Crippen molar-refractivity contribution in [2.75, 3.05) is 11.5 Å². The van der Waals surface area contributed by atoms with E-state index in [0.29, 0.717) is 11.7 Å². The summed E-state index contributed by atoms with van der Waals surface area (Å²) in [6, 6.07) is 10.1. The maximum absolute atomic E-state index is 5.67. The molecule has 0 amide bonds. The first kappa shape index (κ1) is 12.4. The molecule has 1 heterocycles. The van der Waals surface area contributed by atoms with Crippen molar-refractivity contribution in [2.24, 2.45) is 0 Å². The zero-order chi connectivity index (χ0) is 13.1. The van der Waals surface area contributed by atoms with Crippen molar-refractivity contribution in [1.82, 2.24) is 9.97 Å². The highest BCUT2D eigenvalue weighted by Crippen LogP contribution is 2.24. The van der Waals surface area contributed by atoms with Gasteiger partial charge in [-0.3, -0.25) is 0 Å². The molecule has 0 radical (unpaired) electrons. The van der Waals surface area contributed by atoms with Crippen LogP contribution in [0.1, 0.15) is 31.7 Å². The van der Waals surface area contributed by atoms with Crippen LogP contribution in [0.4, 0.5) is 11.8 Å². The van der Waals surface area contributed by atoms with Gasteiger partial charge in [-0.25, -0.2) is 4.98 Å². The zero-order valence-electron chi connectivity index (χ0n) is 10.7. The van der Waals surface area contributed by atoms with Crippen molar-refractivity contribution >= 4 is 11.8 Å². The minimum atomic E-state index is 0.205. The molecule has 0 aliphatic heterocycles. The fourth-order valence-corrected chi connectivity index (χ4v) is 1.85. The Morgan fingerprint density at radius 2 is 1.78 bits per heavy atom. The predicted octanol–water partition coefficient (Wildman–Crippen LogP) is 2.82. The normalized spacial score (nSPS) is 12.3. The number of aromatic nitrogens is 2. The topological polar surface area (TPSA) is 77.8 Å². The molecule has 1 atom stereocenters. The van der Waals surface area contributed by atoms with Crippen LogP contribution in [0.5, 0.6) is 0 Å². The lowest BCUT2D eigenvalue weighted by molar-refractivity contribution is 0.734. The van der Waals surface area contributed by atoms with Gasteiger partial charge >= 0.3 is 0 Å². The number of hydrogen-bond acceptors (Lipinski definition) is 4. The molecule has 2 aromatic rings. The first-order valence-electron chi connectivity index (χ1n) is 6.10. The van der Waals surface area contributed by atoms with Crippen LogP contribution >= 0.6 is 0 Å². The first-order valence-corrected chi connectivity index (χ1v) is 6.10. The summed E-state index contributed by atoms with van der Waals surface area (Å²) in [4.78, 5) is 8.05. The van der Waals surface area contributed by atoms with Gasteiger partial charge in [-0.15, -0.1) is 0 Å². The molecule has 0 bridgehead atoms. The van der Waals surface area contributed by atoms with E-state index in [1.807, 2.05) is 12.1 Å². The van der Waals surface area contributed by atoms with Crippen LogP contribution in [0.25, 0.3) is 11.3 Å². The smallest absolute Gasteiger partial charge is 0.222 e. The van der Waals surface area contributed by atoms with E-state index in [-0.39, 0.29) is 5.95 Å². The zero-order valence-corrected chi connectivity index (χ0v) is 10.7. The summed E-state index contributed by atoms with van der Waals surface area (Å²) in [5.74, 6) is 1.17. The molecule has 0 aliphatic carbocycles. The average Bonchev–Trinajstić information content (AvgIpc) is 2.37. The van der Waals surface area contributed by atoms with E-state index in [9.17, 15) is 0 Å². The average molecular weight is 242 g/mol. The van der Waals surface area contributed by atoms with Gasteiger partial charge in [0.1, 0.15) is 5.82 Å². The van der Waals surface area contributed by atoms with E-state index >= 15 is 0 Å². The lowest BCUT2D eigenvalue weighted by atomic mass is 9.97. The molecule has 1 aromatic carbocycles. The molecule has 1 aromatic heterocycles. The largest absolute Gasteiger partial charge is 0.384 e. The molecule has 4 heteroatoms. The highest BCUT2D eigenvalue weighted by Gasteiger charge is 2.05. The summed E-state index contributed by atoms with van der Waals surface area (Å²) in [7, 11) is 0. The quantitative estimate of drug-likeness (QED) is 0.867. The number of nitrogens with zero attached hydrogens (tertiary/aromatic N) is 2. The number of nitrogens with two attached hydrogens (primary N) is 2. The monoisotopic (exact) mass is 242 g/mol. The molecule has 4 N–H and O–H groups in total. The Labute approximate surface area is 107 Å². The van der Waals surface area contributed by atoms with Crippen molar-refractivity contribution in [3.05, 3.63) is 35.9 Å². The fraction of sp³-hybridized carbons (Fsp3) is 0.286. The molecule has 2 rings (SSSR count). The summed E-state index contributed by atoms with van der Waals surface area (Å²) >= 11 is 0. The van der Waals surface area contributed by atoms with E-state index in [1.165, 1.54) is 5.56 Å². The van der Waals surface area contributed by atoms with E-state index in [0.717, 1.165) is 17.7 Å². The van der Waals surface area contributed by atoms with Gasteiger partial charge in [0.15, 0.2) is 0 Å². The van der Waals surface area contributed by atoms with Gasteiger partial charge in [-0.2, -0.15) is 4.98 Å². The minimum absolute atomic E-state index is 0.205. The molecule has 0 fully saturated rings. The van der Waals surface area contributed by atoms with Crippen LogP contribution in [0.3, 0.4) is 0 Å². The Morgan fingerprint density at radius 1 is 1.11 bits per heavy atom. The van der Waals surface area contributed by atoms with Crippen molar-refractivity contribution in [2.45, 2.75) is 26.2 Å². The molecule has 0 saturated heterocycles. The van der Waals surface area contributed by atoms with E-state index < -0.39 is 0 Å². The van der Waals surface area contributed by atoms with E-state index in [2.05, 4.69) is 35.9 Å². The molecule has 18 heavy (non-hydrogen) atoms. The molecular weight excluding hydrogens is 224 g/mol. The van der Waals surface area contributed by atoms with E-state index in [4.69, 9.17) is 11.5 Å².